The second kappa shape index (κ2) is 41.4. The first-order chi connectivity index (χ1) is 56.5. The number of carbonyl (C=O) groups is 10. The average molecular weight is 1830 g/mol. The van der Waals surface area contributed by atoms with Crippen molar-refractivity contribution in [3.63, 3.8) is 0 Å². The van der Waals surface area contributed by atoms with Crippen LogP contribution in [0.1, 0.15) is 154 Å². The standard InChI is InChI=1S/C25H26ClFN4O5S.C17H22N2O5S.C16H18BrNO3.C13H15ClFNO.C13H14N2O5S/c1-15(32)20-11-30(22-8-5-17(9-19(20)22)29-14-37(35)36)13-24(34)31(18-6-7-18)12-23(33)28-10-16-3-2-4-21(26)25(16)27;1-11(20)14-9-19(10-16(21)24-17(2,3)4)15-7-6-12(8-13(14)15)18-25(5,22)23;1-10(19)13-8-18(9-15(20)21-16(2,3)4)14-6-5-11(17)7-12(13)14;14-12-3-1-2-9(13(12)15)4-7-11(17)8-16-10-5-6-10;1-8(16)11-6-15(7-13(17)18)12-4-3-9(5-10(11)12)14-21(2,19)20/h2-5,8-9,11,18,29H,6-7,10,12-14H2,1H3,(H,28,33)(H,35,36);6-9,18H,10H2,1-5H3;5-8H,9H2,1-4H3;1-3,10,16H,4-8H2;3-6,14H,7H2,1-2H3,(H,17,18)/p-1. The Kier molecular flexibility index (Phi) is 32.8. The lowest BCUT2D eigenvalue weighted by molar-refractivity contribution is -0.156. The molecule has 0 bridgehead atoms. The Balaban J connectivity index is 0.000000193. The third kappa shape index (κ3) is 29.4. The first-order valence-electron chi connectivity index (χ1n) is 37.8. The lowest BCUT2D eigenvalue weighted by Crippen LogP contribution is -2.43. The minimum Gasteiger partial charge on any atom is -0.771 e. The summed E-state index contributed by atoms with van der Waals surface area (Å²) in [6.07, 6.45) is 13.1. The Morgan fingerprint density at radius 2 is 0.967 bits per heavy atom. The summed E-state index contributed by atoms with van der Waals surface area (Å²) in [5, 5.41) is 20.0. The van der Waals surface area contributed by atoms with Gasteiger partial charge in [0.05, 0.1) is 41.5 Å². The topological polar surface area (TPSA) is 401 Å². The Morgan fingerprint density at radius 3 is 1.37 bits per heavy atom. The van der Waals surface area contributed by atoms with E-state index in [1.807, 2.05) is 39.0 Å². The number of nitrogens with zero attached hydrogens (tertiary/aromatic N) is 5. The minimum atomic E-state index is -3.43. The van der Waals surface area contributed by atoms with E-state index in [2.05, 4.69) is 41.3 Å². The number of esters is 2. The number of fused-ring (bicyclic) bond motifs is 4. The van der Waals surface area contributed by atoms with E-state index in [0.717, 1.165) is 53.6 Å². The smallest absolute Gasteiger partial charge is 0.326 e. The lowest BCUT2D eigenvalue weighted by atomic mass is 10.1. The Morgan fingerprint density at radius 1 is 0.570 bits per heavy atom. The van der Waals surface area contributed by atoms with Gasteiger partial charge >= 0.3 is 17.9 Å². The molecule has 29 nitrogen and oxygen atoms in total. The van der Waals surface area contributed by atoms with Crippen molar-refractivity contribution >= 4 is 190 Å². The molecule has 0 saturated heterocycles. The van der Waals surface area contributed by atoms with Gasteiger partial charge < -0.3 is 58.3 Å². The van der Waals surface area contributed by atoms with Gasteiger partial charge in [0, 0.05) is 143 Å². The molecular weight excluding hydrogens is 1740 g/mol. The number of hydrogen-bond acceptors (Lipinski definition) is 20. The number of benzene rings is 6. The molecule has 2 fully saturated rings. The highest BCUT2D eigenvalue weighted by Gasteiger charge is 2.35. The summed E-state index contributed by atoms with van der Waals surface area (Å²) in [4.78, 5) is 121. The number of carbonyl (C=O) groups excluding carboxylic acids is 9. The van der Waals surface area contributed by atoms with Crippen LogP contribution in [0, 0.1) is 11.6 Å². The van der Waals surface area contributed by atoms with Crippen LogP contribution in [0.4, 0.5) is 25.8 Å². The number of anilines is 3. The van der Waals surface area contributed by atoms with Crippen LogP contribution in [0.25, 0.3) is 43.6 Å². The third-order valence-corrected chi connectivity index (χ3v) is 20.7. The number of aryl methyl sites for hydroxylation is 1. The zero-order valence-corrected chi connectivity index (χ0v) is 73.9. The second-order valence-corrected chi connectivity index (χ2v) is 37.0. The van der Waals surface area contributed by atoms with Gasteiger partial charge in [-0.1, -0.05) is 63.4 Å². The Bertz CT molecular complexity index is 5910. The van der Waals surface area contributed by atoms with E-state index >= 15 is 0 Å². The number of sulfonamides is 2. The van der Waals surface area contributed by atoms with Crippen LogP contribution in [-0.4, -0.2) is 167 Å². The van der Waals surface area contributed by atoms with Crippen LogP contribution in [0.3, 0.4) is 0 Å². The van der Waals surface area contributed by atoms with Gasteiger partial charge in [0.2, 0.25) is 31.9 Å². The molecule has 2 aliphatic rings. The highest BCUT2D eigenvalue weighted by molar-refractivity contribution is 9.10. The maximum atomic E-state index is 14.1. The van der Waals surface area contributed by atoms with Gasteiger partial charge in [0.15, 0.2) is 23.1 Å². The minimum absolute atomic E-state index is 0.0268. The van der Waals surface area contributed by atoms with Crippen LogP contribution in [0.2, 0.25) is 10.0 Å². The number of aliphatic carboxylic acids is 1. The van der Waals surface area contributed by atoms with Crippen molar-refractivity contribution in [2.24, 2.45) is 0 Å². The fourth-order valence-corrected chi connectivity index (χ4v) is 14.7. The maximum absolute atomic E-state index is 14.1. The molecule has 1 unspecified atom stereocenters. The van der Waals surface area contributed by atoms with Crippen LogP contribution in [-0.2, 0) is 109 Å². The number of rotatable bonds is 30. The van der Waals surface area contributed by atoms with Gasteiger partial charge in [-0.2, -0.15) is 0 Å². The maximum Gasteiger partial charge on any atom is 0.326 e. The Hall–Kier alpha value is -10.5. The molecule has 4 aromatic heterocycles. The average Bonchev–Trinajstić information content (AvgIpc) is 1.65. The predicted octanol–water partition coefficient (Wildman–Crippen LogP) is 13.7. The molecule has 2 saturated carbocycles. The first kappa shape index (κ1) is 95.9. The molecule has 4 heterocycles. The van der Waals surface area contributed by atoms with E-state index in [1.165, 1.54) is 73.7 Å². The summed E-state index contributed by atoms with van der Waals surface area (Å²) in [6.45, 7) is 16.4. The summed E-state index contributed by atoms with van der Waals surface area (Å²) in [5.41, 5.74) is 5.28. The fourth-order valence-electron chi connectivity index (χ4n) is 12.6. The molecular formula is C84H94BrCl2F2N10O19S3-. The van der Waals surface area contributed by atoms with E-state index in [1.54, 1.807) is 114 Å². The monoisotopic (exact) mass is 1830 g/mol. The van der Waals surface area contributed by atoms with E-state index < -0.39 is 71.8 Å². The van der Waals surface area contributed by atoms with Crippen molar-refractivity contribution in [2.45, 2.75) is 164 Å². The van der Waals surface area contributed by atoms with Crippen LogP contribution in [0.15, 0.2) is 138 Å². The highest BCUT2D eigenvalue weighted by Crippen LogP contribution is 2.33. The number of amides is 2. The molecule has 10 aromatic rings. The molecule has 6 aromatic carbocycles. The summed E-state index contributed by atoms with van der Waals surface area (Å²) >= 11 is 12.6. The molecule has 2 aliphatic carbocycles. The SMILES string of the molecule is CC(=O)c1cn(CC(=O)N(CC(=O)NCc2cccc(Cl)c2F)C2CC2)c2ccc(NCS(=O)[O-])cc12.CC(=O)c1cn(CC(=O)O)c2ccc(NS(C)(=O)=O)cc12.CC(=O)c1cn(CC(=O)OC(C)(C)C)c2ccc(Br)cc12.CC(=O)c1cn(CC(=O)OC(C)(C)C)c2ccc(NS(C)(=O)=O)cc12.O=C(CCc1cccc(Cl)c1F)CNC1CC1. The van der Waals surface area contributed by atoms with E-state index in [4.69, 9.17) is 37.8 Å². The largest absolute Gasteiger partial charge is 0.771 e. The van der Waals surface area contributed by atoms with Crippen molar-refractivity contribution in [1.82, 2.24) is 33.8 Å². The predicted molar refractivity (Wildman–Crippen MR) is 463 cm³/mol. The van der Waals surface area contributed by atoms with Gasteiger partial charge in [-0.25, -0.2) is 25.6 Å². The summed E-state index contributed by atoms with van der Waals surface area (Å²) in [7, 11) is -6.85. The number of ketones is 5. The second-order valence-electron chi connectivity index (χ2n) is 30.9. The van der Waals surface area contributed by atoms with Gasteiger partial charge in [0.1, 0.15) is 54.8 Å². The number of carboxylic acid groups (broad SMARTS) is 1. The highest BCUT2D eigenvalue weighted by atomic mass is 79.9. The van der Waals surface area contributed by atoms with Crippen molar-refractivity contribution in [3.8, 4) is 0 Å². The lowest BCUT2D eigenvalue weighted by Gasteiger charge is -2.22. The summed E-state index contributed by atoms with van der Waals surface area (Å²) in [5.74, 6) is -4.26. The van der Waals surface area contributed by atoms with Gasteiger partial charge in [-0.05, 0) is 203 Å². The zero-order valence-electron chi connectivity index (χ0n) is 68.4. The molecule has 0 radical (unpaired) electrons. The van der Waals surface area contributed by atoms with Gasteiger partial charge in [-0.15, -0.1) is 0 Å². The molecule has 0 aliphatic heterocycles. The molecule has 0 spiro atoms. The number of ether oxygens (including phenoxy) is 2. The molecule has 1 atom stereocenters. The number of halogens is 5. The summed E-state index contributed by atoms with van der Waals surface area (Å²) < 4.78 is 117. The van der Waals surface area contributed by atoms with E-state index in [-0.39, 0.29) is 108 Å². The first-order valence-corrected chi connectivity index (χ1v) is 44.4. The molecule has 648 valence electrons. The molecule has 121 heavy (non-hydrogen) atoms. The fraction of sp³-hybridized carbons (Fsp3) is 0.357. The van der Waals surface area contributed by atoms with Crippen molar-refractivity contribution in [2.75, 3.05) is 46.2 Å². The Labute approximate surface area is 719 Å². The quantitative estimate of drug-likeness (QED) is 0.0138. The van der Waals surface area contributed by atoms with Crippen molar-refractivity contribution in [1.29, 1.82) is 0 Å². The third-order valence-electron chi connectivity index (χ3n) is 18.1. The molecule has 12 rings (SSSR count). The number of hydrogen-bond donors (Lipinski definition) is 6. The number of carboxylic acids is 1. The van der Waals surface area contributed by atoms with E-state index in [0.29, 0.717) is 103 Å². The van der Waals surface area contributed by atoms with Gasteiger partial charge in [0.25, 0.3) is 0 Å². The van der Waals surface area contributed by atoms with Crippen LogP contribution < -0.4 is 25.4 Å². The molecule has 6 N–H and O–H groups in total. The summed E-state index contributed by atoms with van der Waals surface area (Å²) in [6, 6.07) is 30.0. The van der Waals surface area contributed by atoms with E-state index in [9.17, 15) is 82.3 Å². The van der Waals surface area contributed by atoms with Crippen LogP contribution >= 0.6 is 39.1 Å². The van der Waals surface area contributed by atoms with Gasteiger partial charge in [-0.3, -0.25) is 61.6 Å². The molecule has 2 amide bonds. The molecule has 37 heteroatoms. The number of Topliss-reactive ketones (excluding diaryl/α,β-unsaturated/α-hetero) is 5. The normalized spacial score (nSPS) is 12.9. The zero-order chi connectivity index (χ0) is 89.5. The van der Waals surface area contributed by atoms with Crippen molar-refractivity contribution in [3.05, 3.63) is 194 Å². The van der Waals surface area contributed by atoms with Crippen LogP contribution in [0.5, 0.6) is 0 Å². The number of nitrogens with one attached hydrogen (secondary N) is 5. The number of aromatic nitrogens is 4. The van der Waals surface area contributed by atoms with Crippen molar-refractivity contribution < 1.29 is 96.9 Å².